The van der Waals surface area contributed by atoms with E-state index in [1.54, 1.807) is 0 Å². The van der Waals surface area contributed by atoms with Crippen LogP contribution in [0.4, 0.5) is 140 Å². The van der Waals surface area contributed by atoms with Gasteiger partial charge in [0.25, 0.3) is 0 Å². The topological polar surface area (TPSA) is 291 Å². The van der Waals surface area contributed by atoms with Crippen LogP contribution in [-0.2, 0) is 78.4 Å². The summed E-state index contributed by atoms with van der Waals surface area (Å²) in [6, 6.07) is 0. The fourth-order valence-corrected chi connectivity index (χ4v) is 6.72. The summed E-state index contributed by atoms with van der Waals surface area (Å²) in [6.07, 6.45) is -75.0. The molecule has 0 aromatic rings. The van der Waals surface area contributed by atoms with Gasteiger partial charge in [0, 0.05) is 52.1 Å². The van der Waals surface area contributed by atoms with Gasteiger partial charge in [-0.25, -0.2) is 18.9 Å². The molecular formula is C33H36F32O20S4. The summed E-state index contributed by atoms with van der Waals surface area (Å²) in [7, 11) is -29.9. The van der Waals surface area contributed by atoms with Crippen molar-refractivity contribution >= 4 is 40.5 Å². The van der Waals surface area contributed by atoms with Crippen LogP contribution in [-0.4, -0.2) is 198 Å². The summed E-state index contributed by atoms with van der Waals surface area (Å²) in [5.41, 5.74) is -2.95. The average molecular weight is 1490 g/mol. The van der Waals surface area contributed by atoms with E-state index in [1.807, 2.05) is 18.9 Å². The summed E-state index contributed by atoms with van der Waals surface area (Å²) in [5, 5.41) is -28.5. The molecule has 0 aliphatic rings. The molecule has 0 saturated carbocycles. The van der Waals surface area contributed by atoms with Gasteiger partial charge in [-0.15, -0.1) is 0 Å². The first kappa shape index (κ1) is 86.1. The van der Waals surface area contributed by atoms with Crippen LogP contribution < -0.4 is 0 Å². The number of rotatable bonds is 44. The van der Waals surface area contributed by atoms with Crippen molar-refractivity contribution < 1.29 is 230 Å². The van der Waals surface area contributed by atoms with Crippen LogP contribution in [0.2, 0.25) is 0 Å². The van der Waals surface area contributed by atoms with Gasteiger partial charge < -0.3 is 18.9 Å². The SMILES string of the molecule is O=S(=O)(O)C(F)(F)C(F)(F)OC(F)(F)C(F)(F)CCCOCC(COCCCC(F)(F)C(F)(F)OC(F)(F)C(F)(F)S(=O)(=O)O)(COCCCC(F)(F)C(F)(F)OC(F)(F)C(F)(F)S(=O)(=O)O)COCCCC(F)(F)C(F)(F)OC(F)(F)C(F)(F)S(=O)(=O)O. The molecule has 89 heavy (non-hydrogen) atoms. The van der Waals surface area contributed by atoms with Gasteiger partial charge in [0.2, 0.25) is 0 Å². The highest BCUT2D eigenvalue weighted by atomic mass is 32.2. The minimum absolute atomic E-state index is 1.72. The van der Waals surface area contributed by atoms with Gasteiger partial charge in [0.05, 0.1) is 31.8 Å². The number of hydrogen-bond donors (Lipinski definition) is 4. The van der Waals surface area contributed by atoms with Crippen LogP contribution in [0.15, 0.2) is 0 Å². The summed E-state index contributed by atoms with van der Waals surface area (Å²) in [5.74, 6) is -25.0. The Morgan fingerprint density at radius 1 is 0.236 bits per heavy atom. The lowest BCUT2D eigenvalue weighted by atomic mass is 9.92. The first-order valence-electron chi connectivity index (χ1n) is 21.7. The monoisotopic (exact) mass is 1490 g/mol. The van der Waals surface area contributed by atoms with E-state index < -0.39 is 244 Å². The number of alkyl halides is 32. The molecule has 536 valence electrons. The highest BCUT2D eigenvalue weighted by Gasteiger charge is 2.78. The highest BCUT2D eigenvalue weighted by Crippen LogP contribution is 2.52. The normalized spacial score (nSPS) is 16.0. The fourth-order valence-electron chi connectivity index (χ4n) is 5.35. The van der Waals surface area contributed by atoms with E-state index in [9.17, 15) is 174 Å². The zero-order valence-electron chi connectivity index (χ0n) is 41.9. The van der Waals surface area contributed by atoms with Gasteiger partial charge in [-0.3, -0.25) is 18.2 Å². The third-order valence-electron chi connectivity index (χ3n) is 10.1. The van der Waals surface area contributed by atoms with Crippen LogP contribution in [0.5, 0.6) is 0 Å². The molecule has 0 aliphatic carbocycles. The van der Waals surface area contributed by atoms with E-state index in [2.05, 4.69) is 0 Å². The molecule has 56 heteroatoms. The summed E-state index contributed by atoms with van der Waals surface area (Å²) in [6.45, 7) is -13.9. The molecule has 0 aromatic heterocycles. The predicted molar refractivity (Wildman–Crippen MR) is 212 cm³/mol. The summed E-state index contributed by atoms with van der Waals surface area (Å²) < 4.78 is 588. The molecule has 0 heterocycles. The molecule has 0 bridgehead atoms. The van der Waals surface area contributed by atoms with Gasteiger partial charge >= 0.3 is 134 Å². The molecule has 4 N–H and O–H groups in total. The van der Waals surface area contributed by atoms with Gasteiger partial charge in [-0.05, 0) is 25.7 Å². The molecule has 0 rings (SSSR count). The zero-order chi connectivity index (χ0) is 71.5. The Hall–Kier alpha value is -2.92. The van der Waals surface area contributed by atoms with Crippen LogP contribution >= 0.6 is 0 Å². The second kappa shape index (κ2) is 27.8. The quantitative estimate of drug-likeness (QED) is 0.0250. The molecular weight excluding hydrogens is 1450 g/mol. The van der Waals surface area contributed by atoms with Gasteiger partial charge in [0.15, 0.2) is 0 Å². The van der Waals surface area contributed by atoms with Gasteiger partial charge in [-0.2, -0.15) is 174 Å². The van der Waals surface area contributed by atoms with Crippen molar-refractivity contribution in [2.75, 3.05) is 52.9 Å². The Kier molecular flexibility index (Phi) is 26.9. The van der Waals surface area contributed by atoms with Crippen LogP contribution in [0.25, 0.3) is 0 Å². The Balaban J connectivity index is 7.29. The van der Waals surface area contributed by atoms with E-state index in [1.165, 1.54) is 0 Å². The molecule has 0 aliphatic heterocycles. The van der Waals surface area contributed by atoms with Crippen LogP contribution in [0.1, 0.15) is 51.4 Å². The summed E-state index contributed by atoms with van der Waals surface area (Å²) >= 11 is 0. The minimum Gasteiger partial charge on any atom is -0.381 e. The van der Waals surface area contributed by atoms with Gasteiger partial charge in [-0.1, -0.05) is 0 Å². The van der Waals surface area contributed by atoms with Crippen molar-refractivity contribution in [1.82, 2.24) is 0 Å². The average Bonchev–Trinajstić information content (AvgIpc) is 2.12. The third kappa shape index (κ3) is 20.5. The molecule has 0 radical (unpaired) electrons. The Bertz CT molecular complexity index is 2420. The number of hydrogen-bond acceptors (Lipinski definition) is 16. The van der Waals surface area contributed by atoms with E-state index in [-0.39, 0.29) is 0 Å². The van der Waals surface area contributed by atoms with Crippen LogP contribution in [0.3, 0.4) is 0 Å². The predicted octanol–water partition coefficient (Wildman–Crippen LogP) is 10.4. The Morgan fingerprint density at radius 3 is 0.494 bits per heavy atom. The lowest BCUT2D eigenvalue weighted by Gasteiger charge is -2.34. The van der Waals surface area contributed by atoms with Crippen molar-refractivity contribution in [1.29, 1.82) is 0 Å². The first-order valence-corrected chi connectivity index (χ1v) is 27.5. The second-order valence-corrected chi connectivity index (χ2v) is 23.3. The standard InChI is InChI=1S/C33H36F32O20S4/c34-18(35,22(42,43)82-26(50,51)30(58,59)86(66,67)68)5-1-9-78-13-17(14-79-10-2-6-19(36,37)23(44,45)83-27(52,53)31(60,61)87(69,70)71,15-80-11-3-7-20(38,39)24(46,47)84-28(54,55)32(62,63)88(72,73)74)16-81-12-4-8-21(40,41)25(48,49)85-29(56,57)33(64,65)89(75,76)77/h1-16H2,(H,66,67,68)(H,69,70,71)(H,72,73,74)(H,75,76,77). The summed E-state index contributed by atoms with van der Waals surface area (Å²) in [4.78, 5) is 0. The minimum atomic E-state index is -7.49. The largest absolute Gasteiger partial charge is 0.460 e. The maximum Gasteiger partial charge on any atom is 0.460 e. The Labute approximate surface area is 473 Å². The maximum absolute atomic E-state index is 14.4. The zero-order valence-corrected chi connectivity index (χ0v) is 45.1. The number of halogens is 32. The van der Waals surface area contributed by atoms with E-state index in [0.717, 1.165) is 0 Å². The van der Waals surface area contributed by atoms with Crippen LogP contribution in [0, 0.1) is 5.41 Å². The molecule has 0 spiro atoms. The van der Waals surface area contributed by atoms with Crippen molar-refractivity contribution in [3.63, 3.8) is 0 Å². The third-order valence-corrected chi connectivity index (χ3v) is 13.7. The smallest absolute Gasteiger partial charge is 0.381 e. The van der Waals surface area contributed by atoms with E-state index in [4.69, 9.17) is 37.2 Å². The molecule has 0 unspecified atom stereocenters. The molecule has 0 atom stereocenters. The second-order valence-electron chi connectivity index (χ2n) is 17.5. The first-order chi connectivity index (χ1) is 38.7. The fraction of sp³-hybridized carbons (Fsp3) is 1.00. The van der Waals surface area contributed by atoms with Crippen molar-refractivity contribution in [3.05, 3.63) is 0 Å². The van der Waals surface area contributed by atoms with Gasteiger partial charge in [0.1, 0.15) is 0 Å². The lowest BCUT2D eigenvalue weighted by Crippen LogP contribution is -2.55. The molecule has 0 amide bonds. The maximum atomic E-state index is 14.4. The van der Waals surface area contributed by atoms with E-state index >= 15 is 0 Å². The highest BCUT2D eigenvalue weighted by molar-refractivity contribution is 7.87. The molecule has 0 fully saturated rings. The molecule has 0 aromatic carbocycles. The molecule has 0 saturated heterocycles. The van der Waals surface area contributed by atoms with Crippen molar-refractivity contribution in [3.8, 4) is 0 Å². The van der Waals surface area contributed by atoms with E-state index in [0.29, 0.717) is 0 Å². The number of ether oxygens (including phenoxy) is 8. The van der Waals surface area contributed by atoms with Crippen molar-refractivity contribution in [2.45, 2.75) is 145 Å². The molecule has 20 nitrogen and oxygen atoms in total. The lowest BCUT2D eigenvalue weighted by molar-refractivity contribution is -0.457. The van der Waals surface area contributed by atoms with Crippen molar-refractivity contribution in [2.24, 2.45) is 5.41 Å². The Morgan fingerprint density at radius 2 is 0.371 bits per heavy atom.